The van der Waals surface area contributed by atoms with E-state index in [2.05, 4.69) is 4.72 Å². The lowest BCUT2D eigenvalue weighted by atomic mass is 10.1. The third-order valence-corrected chi connectivity index (χ3v) is 4.60. The normalized spacial score (nSPS) is 13.2. The zero-order valence-corrected chi connectivity index (χ0v) is 12.2. The predicted molar refractivity (Wildman–Crippen MR) is 76.6 cm³/mol. The summed E-state index contributed by atoms with van der Waals surface area (Å²) in [5, 5.41) is 0.537. The van der Waals surface area contributed by atoms with Crippen LogP contribution in [0.25, 0.3) is 0 Å². The van der Waals surface area contributed by atoms with E-state index in [9.17, 15) is 12.8 Å². The van der Waals surface area contributed by atoms with Gasteiger partial charge in [0.1, 0.15) is 5.82 Å². The molecule has 0 spiro atoms. The van der Waals surface area contributed by atoms with Crippen LogP contribution in [0.5, 0.6) is 0 Å². The molecule has 0 fully saturated rings. The molecule has 2 aromatic carbocycles. The summed E-state index contributed by atoms with van der Waals surface area (Å²) in [5.41, 5.74) is 0.753. The average Bonchev–Trinajstić information content (AvgIpc) is 2.38. The molecule has 0 aliphatic carbocycles. The standard InChI is InChI=1S/C14H13ClFNO2S/c1-10(11-3-2-4-12(15)9-11)17-20(18,19)14-7-5-13(16)6-8-14/h2-10,17H,1H3. The molecule has 0 aromatic heterocycles. The van der Waals surface area contributed by atoms with Gasteiger partial charge in [0.25, 0.3) is 0 Å². The maximum Gasteiger partial charge on any atom is 0.241 e. The van der Waals surface area contributed by atoms with E-state index in [1.807, 2.05) is 0 Å². The number of sulfonamides is 1. The van der Waals surface area contributed by atoms with Gasteiger partial charge < -0.3 is 0 Å². The Morgan fingerprint density at radius 1 is 1.15 bits per heavy atom. The fourth-order valence-corrected chi connectivity index (χ4v) is 3.19. The van der Waals surface area contributed by atoms with Crippen LogP contribution in [0.1, 0.15) is 18.5 Å². The van der Waals surface area contributed by atoms with Crippen molar-refractivity contribution in [3.63, 3.8) is 0 Å². The summed E-state index contributed by atoms with van der Waals surface area (Å²) < 4.78 is 39.6. The Balaban J connectivity index is 2.22. The monoisotopic (exact) mass is 313 g/mol. The Morgan fingerprint density at radius 2 is 1.80 bits per heavy atom. The van der Waals surface area contributed by atoms with Gasteiger partial charge in [-0.3, -0.25) is 0 Å². The van der Waals surface area contributed by atoms with E-state index in [4.69, 9.17) is 11.6 Å². The molecule has 0 aliphatic heterocycles. The van der Waals surface area contributed by atoms with Crippen molar-refractivity contribution in [3.05, 3.63) is 64.9 Å². The average molecular weight is 314 g/mol. The van der Waals surface area contributed by atoms with Gasteiger partial charge in [0.05, 0.1) is 4.90 Å². The number of nitrogens with one attached hydrogen (secondary N) is 1. The molecule has 3 nitrogen and oxygen atoms in total. The van der Waals surface area contributed by atoms with Gasteiger partial charge in [0, 0.05) is 11.1 Å². The van der Waals surface area contributed by atoms with E-state index in [0.717, 1.165) is 17.7 Å². The number of halogens is 2. The number of benzene rings is 2. The highest BCUT2D eigenvalue weighted by Crippen LogP contribution is 2.20. The van der Waals surface area contributed by atoms with Gasteiger partial charge in [0.2, 0.25) is 10.0 Å². The van der Waals surface area contributed by atoms with Crippen LogP contribution in [0.3, 0.4) is 0 Å². The molecule has 6 heteroatoms. The van der Waals surface area contributed by atoms with Crippen molar-refractivity contribution in [1.82, 2.24) is 4.72 Å². The van der Waals surface area contributed by atoms with Crippen molar-refractivity contribution in [2.45, 2.75) is 17.9 Å². The van der Waals surface area contributed by atoms with Crippen LogP contribution in [-0.2, 0) is 10.0 Å². The van der Waals surface area contributed by atoms with Crippen LogP contribution in [0.4, 0.5) is 4.39 Å². The minimum Gasteiger partial charge on any atom is -0.207 e. The lowest BCUT2D eigenvalue weighted by Crippen LogP contribution is -2.26. The first kappa shape index (κ1) is 15.0. The quantitative estimate of drug-likeness (QED) is 0.938. The maximum absolute atomic E-state index is 12.8. The van der Waals surface area contributed by atoms with Crippen LogP contribution in [0, 0.1) is 5.82 Å². The lowest BCUT2D eigenvalue weighted by Gasteiger charge is -2.15. The molecule has 0 saturated carbocycles. The molecule has 106 valence electrons. The summed E-state index contributed by atoms with van der Waals surface area (Å²) >= 11 is 5.88. The molecule has 1 N–H and O–H groups in total. The van der Waals surface area contributed by atoms with E-state index in [0.29, 0.717) is 5.02 Å². The van der Waals surface area contributed by atoms with E-state index >= 15 is 0 Å². The first-order valence-corrected chi connectivity index (χ1v) is 7.78. The molecule has 1 unspecified atom stereocenters. The second kappa shape index (κ2) is 5.91. The van der Waals surface area contributed by atoms with E-state index in [1.54, 1.807) is 31.2 Å². The Labute approximate surface area is 122 Å². The molecule has 20 heavy (non-hydrogen) atoms. The number of rotatable bonds is 4. The molecule has 2 aromatic rings. The Kier molecular flexibility index (Phi) is 4.42. The molecule has 0 saturated heterocycles. The van der Waals surface area contributed by atoms with Gasteiger partial charge in [-0.2, -0.15) is 0 Å². The molecule has 0 amide bonds. The minimum absolute atomic E-state index is 0.0211. The first-order chi connectivity index (χ1) is 9.38. The molecule has 2 rings (SSSR count). The van der Waals surface area contributed by atoms with Crippen LogP contribution in [0.2, 0.25) is 5.02 Å². The SMILES string of the molecule is CC(NS(=O)(=O)c1ccc(F)cc1)c1cccc(Cl)c1. The molecular formula is C14H13ClFNO2S. The molecule has 0 bridgehead atoms. The summed E-state index contributed by atoms with van der Waals surface area (Å²) in [6.45, 7) is 1.72. The molecule has 1 atom stereocenters. The zero-order valence-electron chi connectivity index (χ0n) is 10.7. The molecular weight excluding hydrogens is 301 g/mol. The first-order valence-electron chi connectivity index (χ1n) is 5.92. The molecule has 0 heterocycles. The van der Waals surface area contributed by atoms with Crippen molar-refractivity contribution < 1.29 is 12.8 Å². The highest BCUT2D eigenvalue weighted by atomic mass is 35.5. The van der Waals surface area contributed by atoms with Crippen molar-refractivity contribution >= 4 is 21.6 Å². The highest BCUT2D eigenvalue weighted by molar-refractivity contribution is 7.89. The van der Waals surface area contributed by atoms with Gasteiger partial charge >= 0.3 is 0 Å². The van der Waals surface area contributed by atoms with Crippen LogP contribution < -0.4 is 4.72 Å². The smallest absolute Gasteiger partial charge is 0.207 e. The van der Waals surface area contributed by atoms with Gasteiger partial charge in [-0.25, -0.2) is 17.5 Å². The largest absolute Gasteiger partial charge is 0.241 e. The fourth-order valence-electron chi connectivity index (χ4n) is 1.76. The van der Waals surface area contributed by atoms with Gasteiger partial charge in [-0.1, -0.05) is 23.7 Å². The fraction of sp³-hybridized carbons (Fsp3) is 0.143. The highest BCUT2D eigenvalue weighted by Gasteiger charge is 2.18. The third kappa shape index (κ3) is 3.56. The minimum atomic E-state index is -3.70. The number of hydrogen-bond donors (Lipinski definition) is 1. The summed E-state index contributed by atoms with van der Waals surface area (Å²) in [6.07, 6.45) is 0. The molecule has 0 radical (unpaired) electrons. The zero-order chi connectivity index (χ0) is 14.8. The summed E-state index contributed by atoms with van der Waals surface area (Å²) in [4.78, 5) is 0.0211. The van der Waals surface area contributed by atoms with Crippen molar-refractivity contribution in [3.8, 4) is 0 Å². The lowest BCUT2D eigenvalue weighted by molar-refractivity contribution is 0.566. The van der Waals surface area contributed by atoms with E-state index in [-0.39, 0.29) is 4.90 Å². The van der Waals surface area contributed by atoms with Crippen LogP contribution in [-0.4, -0.2) is 8.42 Å². The maximum atomic E-state index is 12.8. The second-order valence-corrected chi connectivity index (χ2v) is 6.50. The topological polar surface area (TPSA) is 46.2 Å². The van der Waals surface area contributed by atoms with E-state index in [1.165, 1.54) is 12.1 Å². The predicted octanol–water partition coefficient (Wildman–Crippen LogP) is 3.52. The van der Waals surface area contributed by atoms with Gasteiger partial charge in [-0.15, -0.1) is 0 Å². The molecule has 0 aliphatic rings. The van der Waals surface area contributed by atoms with Crippen LogP contribution >= 0.6 is 11.6 Å². The van der Waals surface area contributed by atoms with Gasteiger partial charge in [0.15, 0.2) is 0 Å². The van der Waals surface area contributed by atoms with Crippen molar-refractivity contribution in [1.29, 1.82) is 0 Å². The van der Waals surface area contributed by atoms with Crippen molar-refractivity contribution in [2.24, 2.45) is 0 Å². The number of hydrogen-bond acceptors (Lipinski definition) is 2. The van der Waals surface area contributed by atoms with Crippen LogP contribution in [0.15, 0.2) is 53.4 Å². The van der Waals surface area contributed by atoms with Crippen molar-refractivity contribution in [2.75, 3.05) is 0 Å². The van der Waals surface area contributed by atoms with E-state index < -0.39 is 21.9 Å². The third-order valence-electron chi connectivity index (χ3n) is 2.80. The Hall–Kier alpha value is -1.43. The van der Waals surface area contributed by atoms with Gasteiger partial charge in [-0.05, 0) is 48.9 Å². The Morgan fingerprint density at radius 3 is 2.40 bits per heavy atom. The second-order valence-electron chi connectivity index (χ2n) is 4.35. The summed E-state index contributed by atoms with van der Waals surface area (Å²) in [5.74, 6) is -0.480. The summed E-state index contributed by atoms with van der Waals surface area (Å²) in [6, 6.07) is 11.2. The summed E-state index contributed by atoms with van der Waals surface area (Å²) in [7, 11) is -3.70. The Bertz CT molecular complexity index is 701.